The fourth-order valence-electron chi connectivity index (χ4n) is 12.3. The van der Waals surface area contributed by atoms with Crippen LogP contribution in [-0.2, 0) is 85.5 Å². The zero-order chi connectivity index (χ0) is 68.8. The number of ether oxygens (including phenoxy) is 14. The fraction of sp³-hybridized carbons (Fsp3) is 0.925. The number of amides is 3. The second-order valence-electron chi connectivity index (χ2n) is 23.7. The molecule has 0 aromatic rings. The molecule has 7 heterocycles. The van der Waals surface area contributed by atoms with E-state index < -0.39 is 291 Å². The minimum absolute atomic E-state index is 0.221. The van der Waals surface area contributed by atoms with Crippen LogP contribution >= 0.6 is 0 Å². The Morgan fingerprint density at radius 2 is 0.839 bits per heavy atom. The molecule has 538 valence electrons. The predicted octanol–water partition coefficient (Wildman–Crippen LogP) is -14.2. The summed E-state index contributed by atoms with van der Waals surface area (Å²) in [5, 5.41) is 217. The third-order valence-corrected chi connectivity index (χ3v) is 17.2. The second kappa shape index (κ2) is 33.4. The summed E-state index contributed by atoms with van der Waals surface area (Å²) in [6.45, 7) is -1.37. The number of hydrogen-bond acceptors (Lipinski definition) is 37. The summed E-state index contributed by atoms with van der Waals surface area (Å²) in [4.78, 5) is 49.5. The highest BCUT2D eigenvalue weighted by Crippen LogP contribution is 2.42. The lowest BCUT2D eigenvalue weighted by molar-refractivity contribution is -0.448. The van der Waals surface area contributed by atoms with Crippen molar-refractivity contribution in [2.75, 3.05) is 46.2 Å². The molecule has 22 N–H and O–H groups in total. The first kappa shape index (κ1) is 77.0. The van der Waals surface area contributed by atoms with Crippen LogP contribution in [0.1, 0.15) is 41.0 Å². The van der Waals surface area contributed by atoms with E-state index in [1.54, 1.807) is 0 Å². The van der Waals surface area contributed by atoms with Crippen LogP contribution in [0.5, 0.6) is 0 Å². The van der Waals surface area contributed by atoms with E-state index in [0.717, 1.165) is 13.8 Å². The minimum atomic E-state index is -2.81. The van der Waals surface area contributed by atoms with Gasteiger partial charge >= 0.3 is 5.97 Å². The van der Waals surface area contributed by atoms with Gasteiger partial charge in [-0.05, 0) is 6.92 Å². The van der Waals surface area contributed by atoms with Crippen LogP contribution in [0.2, 0.25) is 0 Å². The van der Waals surface area contributed by atoms with Gasteiger partial charge in [0.2, 0.25) is 17.7 Å². The van der Waals surface area contributed by atoms with Crippen molar-refractivity contribution in [2.24, 2.45) is 5.92 Å². The molecular formula is C53H89N3O37. The average Bonchev–Trinajstić information content (AvgIpc) is 0.775. The maximum atomic E-state index is 12.9. The SMILES string of the molecule is CC(=O)NC1[C@H](O[C@@H]2C(CO)O[C@@H](C)C(NC(C)=O)[C@H]2O)OC(CO)[C@@H](O[C@@H]2OC(CO)[C@@H](O)[C@H](O[C@H]3OC(CO)[C@@H](O)C(O)C3O[C@@H]3OC(CO)[C@@H](O[C@@H]4OC(CO)[C@H](O)[C@H](O[C@]5(OC=O)C[C@@H](O)[C@@H](C)C([C@H](O)[C@H](O)CO)O5)C4O)[C@H](O)C3NC(C)=O)C2O)[C@@H]1O. The molecule has 40 heteroatoms. The summed E-state index contributed by atoms with van der Waals surface area (Å²) in [5.74, 6) is -6.18. The first-order chi connectivity index (χ1) is 44.0. The lowest BCUT2D eigenvalue weighted by Gasteiger charge is -2.51. The maximum Gasteiger partial charge on any atom is 0.332 e. The molecule has 40 nitrogen and oxygen atoms in total. The molecule has 0 bridgehead atoms. The number of rotatable bonds is 26. The molecule has 0 saturated carbocycles. The van der Waals surface area contributed by atoms with E-state index in [4.69, 9.17) is 66.3 Å². The van der Waals surface area contributed by atoms with Crippen LogP contribution in [0, 0.1) is 5.92 Å². The highest BCUT2D eigenvalue weighted by molar-refractivity contribution is 5.74. The first-order valence-corrected chi connectivity index (χ1v) is 29.9. The quantitative estimate of drug-likeness (QED) is 0.0282. The molecule has 0 radical (unpaired) electrons. The monoisotopic (exact) mass is 1360 g/mol. The minimum Gasteiger partial charge on any atom is -0.410 e. The molecule has 7 aliphatic heterocycles. The number of carbonyl (C=O) groups is 4. The van der Waals surface area contributed by atoms with Crippen molar-refractivity contribution in [2.45, 2.75) is 255 Å². The van der Waals surface area contributed by atoms with Gasteiger partial charge < -0.3 is 179 Å². The summed E-state index contributed by atoms with van der Waals surface area (Å²) < 4.78 is 81.9. The van der Waals surface area contributed by atoms with Crippen LogP contribution in [0.25, 0.3) is 0 Å². The van der Waals surface area contributed by atoms with E-state index >= 15 is 0 Å². The van der Waals surface area contributed by atoms with Crippen molar-refractivity contribution in [3.63, 3.8) is 0 Å². The molecule has 7 fully saturated rings. The van der Waals surface area contributed by atoms with Crippen molar-refractivity contribution in [3.05, 3.63) is 0 Å². The van der Waals surface area contributed by atoms with E-state index in [1.807, 2.05) is 0 Å². The Morgan fingerprint density at radius 3 is 1.29 bits per heavy atom. The summed E-state index contributed by atoms with van der Waals surface area (Å²) in [6, 6.07) is -4.75. The Kier molecular flexibility index (Phi) is 27.7. The number of carbonyl (C=O) groups excluding carboxylic acids is 4. The van der Waals surface area contributed by atoms with Crippen LogP contribution in [0.3, 0.4) is 0 Å². The van der Waals surface area contributed by atoms with E-state index in [0.29, 0.717) is 0 Å². The van der Waals surface area contributed by atoms with Crippen molar-refractivity contribution >= 4 is 24.2 Å². The first-order valence-electron chi connectivity index (χ1n) is 29.9. The van der Waals surface area contributed by atoms with Crippen molar-refractivity contribution in [1.82, 2.24) is 16.0 Å². The van der Waals surface area contributed by atoms with E-state index in [9.17, 15) is 116 Å². The van der Waals surface area contributed by atoms with Crippen molar-refractivity contribution in [3.8, 4) is 0 Å². The van der Waals surface area contributed by atoms with Gasteiger partial charge in [-0.1, -0.05) is 6.92 Å². The molecule has 0 aliphatic carbocycles. The van der Waals surface area contributed by atoms with E-state index in [-0.39, 0.29) is 6.47 Å². The van der Waals surface area contributed by atoms with E-state index in [2.05, 4.69) is 16.0 Å². The number of hydrogen-bond donors (Lipinski definition) is 22. The number of aliphatic hydroxyl groups excluding tert-OH is 19. The Hall–Kier alpha value is -3.40. The number of aliphatic hydroxyl groups is 19. The molecule has 0 aromatic heterocycles. The predicted molar refractivity (Wildman–Crippen MR) is 290 cm³/mol. The lowest BCUT2D eigenvalue weighted by atomic mass is 9.87. The Morgan fingerprint density at radius 1 is 0.462 bits per heavy atom. The van der Waals surface area contributed by atoms with Crippen LogP contribution in [0.4, 0.5) is 0 Å². The summed E-state index contributed by atoms with van der Waals surface area (Å²) in [6.07, 6.45) is -60.5. The zero-order valence-corrected chi connectivity index (χ0v) is 50.8. The van der Waals surface area contributed by atoms with Crippen molar-refractivity contribution < 1.29 is 183 Å². The molecular weight excluding hydrogens is 1270 g/mol. The standard InChI is InChI=1S/C53H89N3O37/c1-15-20(68)6-53(80-14-64,92-41(15)31(70)21(69)7-57)93-46-34(73)24(10-60)83-51(40(46)79)89-44-27(13-63)86-49(30(37(44)76)56-19(5)67)91-47-38(77)32(71)22(8-58)84-52(47)90-45-33(72)23(9-59)82-50(39(45)78)88-43-26(12-62)85-48(29(36(43)75)55-18(4)66)87-42-25(11-61)81-16(2)28(35(42)74)54-17(3)65/h14-16,20-52,57-63,68-79H,6-13H2,1-5H3,(H,54,65)(H,55,66)(H,56,67)/t15-,16+,20-,21-,22?,23?,24?,25?,26?,27?,28?,29?,30?,31-,32-,33-,34+,35-,36-,37-,38?,39?,40?,41?,42-,43-,44-,45+,46+,47?,48+,49+,50+,51+,52-,53+/m1/s1. The van der Waals surface area contributed by atoms with Gasteiger partial charge in [-0.3, -0.25) is 19.2 Å². The molecule has 36 atom stereocenters. The molecule has 7 rings (SSSR count). The third-order valence-electron chi connectivity index (χ3n) is 17.2. The van der Waals surface area contributed by atoms with Gasteiger partial charge in [-0.15, -0.1) is 0 Å². The van der Waals surface area contributed by atoms with Gasteiger partial charge in [0, 0.05) is 26.7 Å². The fourth-order valence-corrected chi connectivity index (χ4v) is 12.3. The van der Waals surface area contributed by atoms with Crippen LogP contribution < -0.4 is 16.0 Å². The van der Waals surface area contributed by atoms with Gasteiger partial charge in [0.1, 0.15) is 152 Å². The average molecular weight is 1360 g/mol. The highest BCUT2D eigenvalue weighted by Gasteiger charge is 2.61. The molecule has 7 saturated heterocycles. The van der Waals surface area contributed by atoms with Gasteiger partial charge in [0.15, 0.2) is 31.5 Å². The van der Waals surface area contributed by atoms with Gasteiger partial charge in [-0.25, -0.2) is 0 Å². The molecule has 0 aromatic carbocycles. The number of nitrogens with one attached hydrogen (secondary N) is 3. The van der Waals surface area contributed by atoms with Crippen molar-refractivity contribution in [1.29, 1.82) is 0 Å². The maximum absolute atomic E-state index is 12.9. The van der Waals surface area contributed by atoms with Gasteiger partial charge in [-0.2, -0.15) is 0 Å². The van der Waals surface area contributed by atoms with E-state index in [1.165, 1.54) is 20.8 Å². The lowest BCUT2D eigenvalue weighted by Crippen LogP contribution is -2.71. The Bertz CT molecular complexity index is 2380. The van der Waals surface area contributed by atoms with Gasteiger partial charge in [0.25, 0.3) is 6.47 Å². The summed E-state index contributed by atoms with van der Waals surface area (Å²) in [7, 11) is 0. The largest absolute Gasteiger partial charge is 0.410 e. The molecule has 0 spiro atoms. The Labute approximate surface area is 529 Å². The smallest absolute Gasteiger partial charge is 0.332 e. The highest BCUT2D eigenvalue weighted by atomic mass is 16.9. The Balaban J connectivity index is 1.12. The molecule has 3 amide bonds. The molecule has 14 unspecified atom stereocenters. The normalized spacial score (nSPS) is 47.2. The van der Waals surface area contributed by atoms with Crippen LogP contribution in [-0.4, -0.2) is 382 Å². The van der Waals surface area contributed by atoms with Gasteiger partial charge in [0.05, 0.1) is 77.0 Å². The molecule has 7 aliphatic rings. The summed E-state index contributed by atoms with van der Waals surface area (Å²) >= 11 is 0. The van der Waals surface area contributed by atoms with Crippen LogP contribution in [0.15, 0.2) is 0 Å². The third kappa shape index (κ3) is 17.0. The zero-order valence-electron chi connectivity index (χ0n) is 50.8. The topological polar surface area (TPSA) is 618 Å². The second-order valence-corrected chi connectivity index (χ2v) is 23.7. The summed E-state index contributed by atoms with van der Waals surface area (Å²) in [5.41, 5.74) is 0. The molecule has 93 heavy (non-hydrogen) atoms.